The Morgan fingerprint density at radius 3 is 2.44 bits per heavy atom. The molecule has 36 heavy (non-hydrogen) atoms. The molecule has 1 fully saturated rings. The standard InChI is InChI=1S/C26H31F2N5O.C2H4/c1-7-29-12-11-16(3)30-19(6)31-18(5)25-17(4)26(20-9-10-20)33(32-25)15-22-23(27)13-21(34-8-2)14-24(22)28;1-2/h7,11-14,20,30H,3,6,8-10,15H2,1-2,4-5H3;1-2H2/b12-11-,29-7?,31-18+;. The molecule has 0 spiro atoms. The van der Waals surface area contributed by atoms with Crippen LogP contribution in [0, 0.1) is 18.6 Å². The molecule has 192 valence electrons. The SMILES string of the molecule is C=C.C=C(/C=C\N=CC)NC(=C)/N=C(\C)c1nn(Cc2c(F)cc(OCC)cc2F)c(C2CC2)c1C. The van der Waals surface area contributed by atoms with Gasteiger partial charge in [0.25, 0.3) is 0 Å². The molecule has 1 aliphatic rings. The number of nitrogens with one attached hydrogen (secondary N) is 1. The van der Waals surface area contributed by atoms with Crippen molar-refractivity contribution in [3.8, 4) is 5.75 Å². The molecule has 3 rings (SSSR count). The van der Waals surface area contributed by atoms with Crippen molar-refractivity contribution in [1.29, 1.82) is 0 Å². The summed E-state index contributed by atoms with van der Waals surface area (Å²) in [5.41, 5.74) is 3.81. The summed E-state index contributed by atoms with van der Waals surface area (Å²) in [5.74, 6) is -0.400. The van der Waals surface area contributed by atoms with Crippen molar-refractivity contribution in [3.05, 3.63) is 96.4 Å². The van der Waals surface area contributed by atoms with E-state index < -0.39 is 11.6 Å². The van der Waals surface area contributed by atoms with Gasteiger partial charge in [-0.1, -0.05) is 13.2 Å². The van der Waals surface area contributed by atoms with Gasteiger partial charge in [-0.2, -0.15) is 5.10 Å². The predicted molar refractivity (Wildman–Crippen MR) is 144 cm³/mol. The summed E-state index contributed by atoms with van der Waals surface area (Å²) in [6.07, 6.45) is 7.05. The van der Waals surface area contributed by atoms with Crippen LogP contribution < -0.4 is 10.1 Å². The number of hydrogen-bond acceptors (Lipinski definition) is 5. The van der Waals surface area contributed by atoms with Gasteiger partial charge < -0.3 is 10.1 Å². The molecule has 0 aliphatic heterocycles. The second-order valence-corrected chi connectivity index (χ2v) is 8.11. The Kier molecular flexibility index (Phi) is 10.5. The molecule has 0 unspecified atom stereocenters. The predicted octanol–water partition coefficient (Wildman–Crippen LogP) is 6.58. The number of allylic oxidation sites excluding steroid dienone is 1. The lowest BCUT2D eigenvalue weighted by atomic mass is 10.1. The second-order valence-electron chi connectivity index (χ2n) is 8.11. The first kappa shape index (κ1) is 28.4. The molecule has 0 bridgehead atoms. The van der Waals surface area contributed by atoms with E-state index in [0.717, 1.165) is 24.1 Å². The topological polar surface area (TPSA) is 63.8 Å². The molecule has 8 heteroatoms. The van der Waals surface area contributed by atoms with Gasteiger partial charge in [-0.3, -0.25) is 9.67 Å². The lowest BCUT2D eigenvalue weighted by molar-refractivity contribution is 0.335. The fraction of sp³-hybridized carbons (Fsp3) is 0.321. The minimum atomic E-state index is -0.651. The van der Waals surface area contributed by atoms with E-state index >= 15 is 0 Å². The average Bonchev–Trinajstić information content (AvgIpc) is 3.60. The van der Waals surface area contributed by atoms with Crippen molar-refractivity contribution in [2.24, 2.45) is 9.98 Å². The van der Waals surface area contributed by atoms with Crippen LogP contribution in [0.4, 0.5) is 8.78 Å². The van der Waals surface area contributed by atoms with Crippen LogP contribution in [0.25, 0.3) is 0 Å². The number of halogens is 2. The Morgan fingerprint density at radius 1 is 1.25 bits per heavy atom. The molecule has 0 amide bonds. The molecule has 2 aromatic rings. The smallest absolute Gasteiger partial charge is 0.134 e. The van der Waals surface area contributed by atoms with E-state index in [-0.39, 0.29) is 17.9 Å². The highest BCUT2D eigenvalue weighted by molar-refractivity contribution is 5.99. The fourth-order valence-corrected chi connectivity index (χ4v) is 3.76. The first-order valence-electron chi connectivity index (χ1n) is 11.8. The number of nitrogens with zero attached hydrogens (tertiary/aromatic N) is 4. The zero-order valence-corrected chi connectivity index (χ0v) is 21.6. The van der Waals surface area contributed by atoms with Crippen molar-refractivity contribution < 1.29 is 13.5 Å². The molecule has 1 aliphatic carbocycles. The Hall–Kier alpha value is -3.81. The number of aromatic nitrogens is 2. The van der Waals surface area contributed by atoms with E-state index in [1.807, 2.05) is 20.8 Å². The summed E-state index contributed by atoms with van der Waals surface area (Å²) >= 11 is 0. The number of aliphatic imine (C=N–C) groups is 2. The lowest BCUT2D eigenvalue weighted by Crippen LogP contribution is -2.11. The molecule has 0 saturated heterocycles. The highest BCUT2D eigenvalue weighted by Gasteiger charge is 2.32. The molecular weight excluding hydrogens is 460 g/mol. The number of benzene rings is 1. The molecule has 6 nitrogen and oxygen atoms in total. The second kappa shape index (κ2) is 13.3. The Labute approximate surface area is 212 Å². The minimum Gasteiger partial charge on any atom is -0.494 e. The van der Waals surface area contributed by atoms with E-state index in [1.165, 1.54) is 12.1 Å². The van der Waals surface area contributed by atoms with Gasteiger partial charge in [0, 0.05) is 47.4 Å². The van der Waals surface area contributed by atoms with E-state index in [9.17, 15) is 8.78 Å². The van der Waals surface area contributed by atoms with E-state index in [2.05, 4.69) is 41.6 Å². The monoisotopic (exact) mass is 495 g/mol. The van der Waals surface area contributed by atoms with Gasteiger partial charge in [0.05, 0.1) is 18.9 Å². The minimum absolute atomic E-state index is 0.0111. The largest absolute Gasteiger partial charge is 0.494 e. The third-order valence-electron chi connectivity index (χ3n) is 5.40. The molecule has 1 heterocycles. The summed E-state index contributed by atoms with van der Waals surface area (Å²) < 4.78 is 36.4. The van der Waals surface area contributed by atoms with E-state index in [0.29, 0.717) is 35.4 Å². The summed E-state index contributed by atoms with van der Waals surface area (Å²) in [7, 11) is 0. The van der Waals surface area contributed by atoms with Gasteiger partial charge in [-0.25, -0.2) is 13.8 Å². The Balaban J connectivity index is 0.00000222. The lowest BCUT2D eigenvalue weighted by Gasteiger charge is -2.11. The van der Waals surface area contributed by atoms with Gasteiger partial charge >= 0.3 is 0 Å². The van der Waals surface area contributed by atoms with Crippen LogP contribution in [0.15, 0.2) is 72.2 Å². The Bertz CT molecular complexity index is 1170. The summed E-state index contributed by atoms with van der Waals surface area (Å²) in [4.78, 5) is 8.51. The average molecular weight is 496 g/mol. The summed E-state index contributed by atoms with van der Waals surface area (Å²) in [6, 6.07) is 2.43. The number of rotatable bonds is 11. The third kappa shape index (κ3) is 7.34. The first-order chi connectivity index (χ1) is 17.2. The van der Waals surface area contributed by atoms with Crippen LogP contribution in [0.1, 0.15) is 62.0 Å². The van der Waals surface area contributed by atoms with Crippen LogP contribution in [-0.2, 0) is 6.54 Å². The number of hydrogen-bond donors (Lipinski definition) is 1. The quantitative estimate of drug-likeness (QED) is 0.217. The fourth-order valence-electron chi connectivity index (χ4n) is 3.76. The highest BCUT2D eigenvalue weighted by Crippen LogP contribution is 2.42. The van der Waals surface area contributed by atoms with E-state index in [4.69, 9.17) is 9.84 Å². The van der Waals surface area contributed by atoms with Crippen LogP contribution in [0.2, 0.25) is 0 Å². The maximum Gasteiger partial charge on any atom is 0.134 e. The zero-order valence-electron chi connectivity index (χ0n) is 21.6. The molecule has 1 saturated carbocycles. The van der Waals surface area contributed by atoms with Gasteiger partial charge in [-0.05, 0) is 52.2 Å². The molecule has 0 radical (unpaired) electrons. The summed E-state index contributed by atoms with van der Waals surface area (Å²) in [5, 5.41) is 7.70. The van der Waals surface area contributed by atoms with Crippen molar-refractivity contribution in [2.45, 2.75) is 53.0 Å². The van der Waals surface area contributed by atoms with Crippen molar-refractivity contribution in [2.75, 3.05) is 6.61 Å². The van der Waals surface area contributed by atoms with Gasteiger partial charge in [-0.15, -0.1) is 13.2 Å². The highest BCUT2D eigenvalue weighted by atomic mass is 19.1. The van der Waals surface area contributed by atoms with Crippen molar-refractivity contribution in [1.82, 2.24) is 15.1 Å². The number of ether oxygens (including phenoxy) is 1. The molecular formula is C28H35F2N5O. The Morgan fingerprint density at radius 2 is 1.89 bits per heavy atom. The van der Waals surface area contributed by atoms with Gasteiger partial charge in [0.1, 0.15) is 28.9 Å². The normalized spacial score (nSPS) is 13.6. The maximum absolute atomic E-state index is 14.7. The van der Waals surface area contributed by atoms with E-state index in [1.54, 1.807) is 30.1 Å². The molecule has 1 aromatic carbocycles. The maximum atomic E-state index is 14.7. The van der Waals surface area contributed by atoms with Crippen LogP contribution in [-0.4, -0.2) is 28.3 Å². The molecule has 0 atom stereocenters. The van der Waals surface area contributed by atoms with Crippen LogP contribution in [0.3, 0.4) is 0 Å². The zero-order chi connectivity index (χ0) is 26.8. The van der Waals surface area contributed by atoms with Gasteiger partial charge in [0.15, 0.2) is 0 Å². The molecule has 1 aromatic heterocycles. The molecule has 1 N–H and O–H groups in total. The first-order valence-corrected chi connectivity index (χ1v) is 11.8. The van der Waals surface area contributed by atoms with Crippen molar-refractivity contribution >= 4 is 11.9 Å². The van der Waals surface area contributed by atoms with Crippen LogP contribution in [0.5, 0.6) is 5.75 Å². The van der Waals surface area contributed by atoms with Crippen LogP contribution >= 0.6 is 0 Å². The van der Waals surface area contributed by atoms with Gasteiger partial charge in [0.2, 0.25) is 0 Å². The third-order valence-corrected chi connectivity index (χ3v) is 5.40. The van der Waals surface area contributed by atoms with Crippen molar-refractivity contribution in [3.63, 3.8) is 0 Å². The summed E-state index contributed by atoms with van der Waals surface area (Å²) in [6.45, 7) is 21.5.